The van der Waals surface area contributed by atoms with Gasteiger partial charge in [0.2, 0.25) is 5.13 Å². The molecular weight excluding hydrogens is 330 g/mol. The third-order valence-corrected chi connectivity index (χ3v) is 6.55. The summed E-state index contributed by atoms with van der Waals surface area (Å²) < 4.78 is 27.2. The van der Waals surface area contributed by atoms with E-state index in [0.717, 1.165) is 17.0 Å². The standard InChI is InChI=1S/C16H21N3O2S2/c1-12-7-9-14(10-8-12)23(20,21)19-16-18-17-15(22-16)11-13-5-3-2-4-6-13/h7-10,13H,2-6,11H2,1H3,(H,18,19). The first-order valence-corrected chi connectivity index (χ1v) is 10.2. The van der Waals surface area contributed by atoms with E-state index in [-0.39, 0.29) is 4.90 Å². The molecule has 0 unspecified atom stereocenters. The van der Waals surface area contributed by atoms with Gasteiger partial charge in [-0.3, -0.25) is 4.72 Å². The van der Waals surface area contributed by atoms with E-state index < -0.39 is 10.0 Å². The van der Waals surface area contributed by atoms with Crippen LogP contribution < -0.4 is 4.72 Å². The summed E-state index contributed by atoms with van der Waals surface area (Å²) in [5, 5.41) is 9.39. The second-order valence-corrected chi connectivity index (χ2v) is 8.87. The molecule has 0 aliphatic heterocycles. The first kappa shape index (κ1) is 16.4. The highest BCUT2D eigenvalue weighted by molar-refractivity contribution is 7.93. The van der Waals surface area contributed by atoms with Crippen molar-refractivity contribution in [1.82, 2.24) is 10.2 Å². The predicted octanol–water partition coefficient (Wildman–Crippen LogP) is 3.77. The summed E-state index contributed by atoms with van der Waals surface area (Å²) in [4.78, 5) is 0.243. The summed E-state index contributed by atoms with van der Waals surface area (Å²) in [5.41, 5.74) is 1.02. The van der Waals surface area contributed by atoms with E-state index in [9.17, 15) is 8.42 Å². The van der Waals surface area contributed by atoms with Crippen molar-refractivity contribution in [3.63, 3.8) is 0 Å². The number of aryl methyl sites for hydroxylation is 1. The second-order valence-electron chi connectivity index (χ2n) is 6.13. The SMILES string of the molecule is Cc1ccc(S(=O)(=O)Nc2nnc(CC3CCCCC3)s2)cc1. The van der Waals surface area contributed by atoms with Crippen LogP contribution in [-0.4, -0.2) is 18.6 Å². The molecule has 0 atom stereocenters. The fourth-order valence-electron chi connectivity index (χ4n) is 2.91. The minimum absolute atomic E-state index is 0.243. The van der Waals surface area contributed by atoms with Gasteiger partial charge >= 0.3 is 0 Å². The van der Waals surface area contributed by atoms with Gasteiger partial charge in [0.05, 0.1) is 4.90 Å². The van der Waals surface area contributed by atoms with Crippen molar-refractivity contribution in [1.29, 1.82) is 0 Å². The maximum atomic E-state index is 12.3. The Balaban J connectivity index is 1.67. The second kappa shape index (κ2) is 6.97. The molecule has 23 heavy (non-hydrogen) atoms. The molecule has 0 saturated heterocycles. The van der Waals surface area contributed by atoms with Crippen LogP contribution in [0, 0.1) is 12.8 Å². The molecule has 1 N–H and O–H groups in total. The molecule has 0 spiro atoms. The van der Waals surface area contributed by atoms with Gasteiger partial charge in [0.15, 0.2) is 0 Å². The minimum Gasteiger partial charge on any atom is -0.253 e. The first-order chi connectivity index (χ1) is 11.0. The number of hydrogen-bond acceptors (Lipinski definition) is 5. The normalized spacial score (nSPS) is 16.4. The summed E-state index contributed by atoms with van der Waals surface area (Å²) in [6.45, 7) is 1.92. The predicted molar refractivity (Wildman–Crippen MR) is 92.2 cm³/mol. The summed E-state index contributed by atoms with van der Waals surface area (Å²) >= 11 is 1.34. The zero-order chi connectivity index (χ0) is 16.3. The molecule has 1 fully saturated rings. The molecule has 1 saturated carbocycles. The average Bonchev–Trinajstić information content (AvgIpc) is 2.95. The monoisotopic (exact) mass is 351 g/mol. The highest BCUT2D eigenvalue weighted by Gasteiger charge is 2.19. The van der Waals surface area contributed by atoms with Gasteiger partial charge in [-0.25, -0.2) is 8.42 Å². The summed E-state index contributed by atoms with van der Waals surface area (Å²) in [6, 6.07) is 6.76. The van der Waals surface area contributed by atoms with Gasteiger partial charge in [-0.15, -0.1) is 10.2 Å². The van der Waals surface area contributed by atoms with Gasteiger partial charge in [-0.1, -0.05) is 61.1 Å². The Hall–Kier alpha value is -1.47. The number of rotatable bonds is 5. The number of sulfonamides is 1. The van der Waals surface area contributed by atoms with E-state index in [0.29, 0.717) is 11.0 Å². The van der Waals surface area contributed by atoms with Crippen LogP contribution in [0.5, 0.6) is 0 Å². The fourth-order valence-corrected chi connectivity index (χ4v) is 4.99. The molecule has 1 aliphatic carbocycles. The van der Waals surface area contributed by atoms with E-state index in [1.165, 1.54) is 43.4 Å². The highest BCUT2D eigenvalue weighted by atomic mass is 32.2. The maximum Gasteiger partial charge on any atom is 0.263 e. The lowest BCUT2D eigenvalue weighted by Gasteiger charge is -2.19. The molecule has 0 bridgehead atoms. The van der Waals surface area contributed by atoms with Crippen molar-refractivity contribution in [2.75, 3.05) is 4.72 Å². The summed E-state index contributed by atoms with van der Waals surface area (Å²) in [5.74, 6) is 0.665. The lowest BCUT2D eigenvalue weighted by atomic mass is 9.87. The number of benzene rings is 1. The van der Waals surface area contributed by atoms with Gasteiger partial charge in [0.25, 0.3) is 10.0 Å². The van der Waals surface area contributed by atoms with E-state index >= 15 is 0 Å². The minimum atomic E-state index is -3.59. The molecule has 0 amide bonds. The van der Waals surface area contributed by atoms with Crippen LogP contribution in [0.3, 0.4) is 0 Å². The first-order valence-electron chi connectivity index (χ1n) is 7.95. The third kappa shape index (κ3) is 4.29. The molecule has 1 aromatic heterocycles. The number of nitrogens with zero attached hydrogens (tertiary/aromatic N) is 2. The molecule has 2 aromatic rings. The number of hydrogen-bond donors (Lipinski definition) is 1. The molecule has 5 nitrogen and oxygen atoms in total. The van der Waals surface area contributed by atoms with Crippen LogP contribution in [-0.2, 0) is 16.4 Å². The maximum absolute atomic E-state index is 12.3. The molecule has 7 heteroatoms. The molecule has 3 rings (SSSR count). The molecule has 1 aromatic carbocycles. The Morgan fingerprint density at radius 2 is 1.83 bits per heavy atom. The van der Waals surface area contributed by atoms with E-state index in [4.69, 9.17) is 0 Å². The van der Waals surface area contributed by atoms with Crippen LogP contribution in [0.1, 0.15) is 42.7 Å². The quantitative estimate of drug-likeness (QED) is 0.890. The van der Waals surface area contributed by atoms with Crippen LogP contribution in [0.2, 0.25) is 0 Å². The van der Waals surface area contributed by atoms with Crippen molar-refractivity contribution in [3.05, 3.63) is 34.8 Å². The van der Waals surface area contributed by atoms with E-state index in [1.807, 2.05) is 6.92 Å². The van der Waals surface area contributed by atoms with Crippen LogP contribution in [0.25, 0.3) is 0 Å². The lowest BCUT2D eigenvalue weighted by molar-refractivity contribution is 0.356. The Kier molecular flexibility index (Phi) is 4.96. The zero-order valence-corrected chi connectivity index (χ0v) is 14.8. The van der Waals surface area contributed by atoms with Crippen LogP contribution in [0.4, 0.5) is 5.13 Å². The third-order valence-electron chi connectivity index (χ3n) is 4.21. The van der Waals surface area contributed by atoms with Gasteiger partial charge in [-0.2, -0.15) is 0 Å². The van der Waals surface area contributed by atoms with Gasteiger partial charge in [-0.05, 0) is 25.0 Å². The Morgan fingerprint density at radius 3 is 2.52 bits per heavy atom. The van der Waals surface area contributed by atoms with Gasteiger partial charge < -0.3 is 0 Å². The summed E-state index contributed by atoms with van der Waals surface area (Å²) in [7, 11) is -3.59. The molecular formula is C16H21N3O2S2. The smallest absolute Gasteiger partial charge is 0.253 e. The molecule has 124 valence electrons. The Labute approximate surface area is 141 Å². The van der Waals surface area contributed by atoms with Crippen LogP contribution in [0.15, 0.2) is 29.2 Å². The highest BCUT2D eigenvalue weighted by Crippen LogP contribution is 2.29. The van der Waals surface area contributed by atoms with Crippen molar-refractivity contribution in [2.45, 2.75) is 50.3 Å². The molecule has 1 aliphatic rings. The molecule has 1 heterocycles. The van der Waals surface area contributed by atoms with Gasteiger partial charge in [0, 0.05) is 6.42 Å². The van der Waals surface area contributed by atoms with Crippen molar-refractivity contribution in [2.24, 2.45) is 5.92 Å². The van der Waals surface area contributed by atoms with Crippen molar-refractivity contribution < 1.29 is 8.42 Å². The van der Waals surface area contributed by atoms with E-state index in [2.05, 4.69) is 14.9 Å². The largest absolute Gasteiger partial charge is 0.263 e. The fraction of sp³-hybridized carbons (Fsp3) is 0.500. The summed E-state index contributed by atoms with van der Waals surface area (Å²) in [6.07, 6.45) is 7.29. The number of aromatic nitrogens is 2. The van der Waals surface area contributed by atoms with Gasteiger partial charge in [0.1, 0.15) is 5.01 Å². The number of nitrogens with one attached hydrogen (secondary N) is 1. The number of anilines is 1. The Morgan fingerprint density at radius 1 is 1.13 bits per heavy atom. The zero-order valence-electron chi connectivity index (χ0n) is 13.2. The average molecular weight is 351 g/mol. The topological polar surface area (TPSA) is 72.0 Å². The van der Waals surface area contributed by atoms with Crippen molar-refractivity contribution in [3.8, 4) is 0 Å². The lowest BCUT2D eigenvalue weighted by Crippen LogP contribution is -2.12. The molecule has 0 radical (unpaired) electrons. The van der Waals surface area contributed by atoms with Crippen molar-refractivity contribution >= 4 is 26.5 Å². The Bertz CT molecular complexity index is 748. The van der Waals surface area contributed by atoms with E-state index in [1.54, 1.807) is 24.3 Å². The van der Waals surface area contributed by atoms with Crippen LogP contribution >= 0.6 is 11.3 Å².